The molecule has 1 atom stereocenters. The SMILES string of the molecule is Cc1ccc(CC(O)CNC2CC2)c(C)c1. The normalized spacial score (nSPS) is 17.4. The van der Waals surface area contributed by atoms with Gasteiger partial charge in [-0.05, 0) is 44.2 Å². The van der Waals surface area contributed by atoms with Gasteiger partial charge in [-0.2, -0.15) is 0 Å². The maximum atomic E-state index is 9.91. The molecule has 0 aromatic heterocycles. The third-order valence-electron chi connectivity index (χ3n) is 3.17. The third-order valence-corrected chi connectivity index (χ3v) is 3.17. The summed E-state index contributed by atoms with van der Waals surface area (Å²) in [5.74, 6) is 0. The van der Waals surface area contributed by atoms with E-state index in [1.807, 2.05) is 0 Å². The number of benzene rings is 1. The first-order chi connectivity index (χ1) is 7.65. The Labute approximate surface area is 97.7 Å². The molecule has 1 saturated carbocycles. The fourth-order valence-corrected chi connectivity index (χ4v) is 1.99. The molecule has 2 rings (SSSR count). The van der Waals surface area contributed by atoms with Crippen LogP contribution in [0.15, 0.2) is 18.2 Å². The van der Waals surface area contributed by atoms with Gasteiger partial charge in [0.05, 0.1) is 6.10 Å². The highest BCUT2D eigenvalue weighted by atomic mass is 16.3. The number of aliphatic hydroxyl groups is 1. The highest BCUT2D eigenvalue weighted by Crippen LogP contribution is 2.19. The van der Waals surface area contributed by atoms with Crippen molar-refractivity contribution in [1.29, 1.82) is 0 Å². The zero-order valence-corrected chi connectivity index (χ0v) is 10.2. The average molecular weight is 219 g/mol. The first-order valence-corrected chi connectivity index (χ1v) is 6.13. The third kappa shape index (κ3) is 3.32. The van der Waals surface area contributed by atoms with Crippen molar-refractivity contribution in [1.82, 2.24) is 5.32 Å². The van der Waals surface area contributed by atoms with Crippen LogP contribution in [0.4, 0.5) is 0 Å². The smallest absolute Gasteiger partial charge is 0.0705 e. The Morgan fingerprint density at radius 3 is 2.75 bits per heavy atom. The predicted molar refractivity (Wildman–Crippen MR) is 66.7 cm³/mol. The molecule has 1 aromatic carbocycles. The van der Waals surface area contributed by atoms with E-state index in [9.17, 15) is 5.11 Å². The summed E-state index contributed by atoms with van der Waals surface area (Å²) >= 11 is 0. The molecule has 0 bridgehead atoms. The van der Waals surface area contributed by atoms with E-state index in [4.69, 9.17) is 0 Å². The molecule has 16 heavy (non-hydrogen) atoms. The lowest BCUT2D eigenvalue weighted by Gasteiger charge is -2.13. The number of rotatable bonds is 5. The van der Waals surface area contributed by atoms with E-state index in [0.29, 0.717) is 6.04 Å². The summed E-state index contributed by atoms with van der Waals surface area (Å²) in [6.45, 7) is 4.93. The van der Waals surface area contributed by atoms with Crippen molar-refractivity contribution in [2.75, 3.05) is 6.54 Å². The summed E-state index contributed by atoms with van der Waals surface area (Å²) < 4.78 is 0. The molecule has 0 saturated heterocycles. The molecule has 1 unspecified atom stereocenters. The number of nitrogens with one attached hydrogen (secondary N) is 1. The minimum absolute atomic E-state index is 0.262. The Balaban J connectivity index is 1.86. The quantitative estimate of drug-likeness (QED) is 0.793. The van der Waals surface area contributed by atoms with Crippen molar-refractivity contribution >= 4 is 0 Å². The zero-order chi connectivity index (χ0) is 11.5. The van der Waals surface area contributed by atoms with Gasteiger partial charge in [0, 0.05) is 12.6 Å². The van der Waals surface area contributed by atoms with Gasteiger partial charge in [-0.25, -0.2) is 0 Å². The Morgan fingerprint density at radius 1 is 1.38 bits per heavy atom. The van der Waals surface area contributed by atoms with Crippen molar-refractivity contribution in [2.24, 2.45) is 0 Å². The van der Waals surface area contributed by atoms with Gasteiger partial charge in [-0.1, -0.05) is 23.8 Å². The summed E-state index contributed by atoms with van der Waals surface area (Å²) in [7, 11) is 0. The Bertz CT molecular complexity index is 358. The summed E-state index contributed by atoms with van der Waals surface area (Å²) in [4.78, 5) is 0. The summed E-state index contributed by atoms with van der Waals surface area (Å²) in [6.07, 6.45) is 3.04. The second-order valence-corrected chi connectivity index (χ2v) is 4.97. The second kappa shape index (κ2) is 4.98. The molecule has 0 amide bonds. The number of aliphatic hydroxyl groups excluding tert-OH is 1. The lowest BCUT2D eigenvalue weighted by Crippen LogP contribution is -2.30. The van der Waals surface area contributed by atoms with Crippen molar-refractivity contribution in [2.45, 2.75) is 45.3 Å². The molecule has 0 heterocycles. The van der Waals surface area contributed by atoms with Crippen molar-refractivity contribution in [3.63, 3.8) is 0 Å². The molecule has 88 valence electrons. The van der Waals surface area contributed by atoms with E-state index < -0.39 is 0 Å². The van der Waals surface area contributed by atoms with E-state index in [0.717, 1.165) is 13.0 Å². The molecule has 2 heteroatoms. The molecular formula is C14H21NO. The van der Waals surface area contributed by atoms with Gasteiger partial charge in [0.1, 0.15) is 0 Å². The van der Waals surface area contributed by atoms with Gasteiger partial charge < -0.3 is 10.4 Å². The first-order valence-electron chi connectivity index (χ1n) is 6.13. The van der Waals surface area contributed by atoms with Crippen LogP contribution in [0.3, 0.4) is 0 Å². The van der Waals surface area contributed by atoms with E-state index in [-0.39, 0.29) is 6.10 Å². The molecule has 0 radical (unpaired) electrons. The van der Waals surface area contributed by atoms with Crippen molar-refractivity contribution < 1.29 is 5.11 Å². The lowest BCUT2D eigenvalue weighted by atomic mass is 10.0. The van der Waals surface area contributed by atoms with Crippen molar-refractivity contribution in [3.05, 3.63) is 34.9 Å². The van der Waals surface area contributed by atoms with Gasteiger partial charge in [0.25, 0.3) is 0 Å². The monoisotopic (exact) mass is 219 g/mol. The Hall–Kier alpha value is -0.860. The first kappa shape index (κ1) is 11.6. The molecule has 1 fully saturated rings. The topological polar surface area (TPSA) is 32.3 Å². The Morgan fingerprint density at radius 2 is 2.12 bits per heavy atom. The summed E-state index contributed by atoms with van der Waals surface area (Å²) in [6, 6.07) is 7.10. The van der Waals surface area contributed by atoms with Crippen LogP contribution in [0.25, 0.3) is 0 Å². The van der Waals surface area contributed by atoms with Gasteiger partial charge >= 0.3 is 0 Å². The molecule has 1 aliphatic rings. The van der Waals surface area contributed by atoms with Crippen LogP contribution < -0.4 is 5.32 Å². The number of hydrogen-bond donors (Lipinski definition) is 2. The minimum Gasteiger partial charge on any atom is -0.391 e. The van der Waals surface area contributed by atoms with E-state index in [1.54, 1.807) is 0 Å². The van der Waals surface area contributed by atoms with Crippen LogP contribution in [-0.2, 0) is 6.42 Å². The molecule has 1 aromatic rings. The van der Waals surface area contributed by atoms with Crippen molar-refractivity contribution in [3.8, 4) is 0 Å². The predicted octanol–water partition coefficient (Wildman–Crippen LogP) is 1.96. The average Bonchev–Trinajstić information content (AvgIpc) is 3.03. The fourth-order valence-electron chi connectivity index (χ4n) is 1.99. The second-order valence-electron chi connectivity index (χ2n) is 4.97. The highest BCUT2D eigenvalue weighted by molar-refractivity contribution is 5.30. The summed E-state index contributed by atoms with van der Waals surface area (Å²) in [5, 5.41) is 13.3. The molecular weight excluding hydrogens is 198 g/mol. The fraction of sp³-hybridized carbons (Fsp3) is 0.571. The van der Waals surface area contributed by atoms with Crippen LogP contribution in [-0.4, -0.2) is 23.8 Å². The molecule has 2 nitrogen and oxygen atoms in total. The summed E-state index contributed by atoms with van der Waals surface area (Å²) in [5.41, 5.74) is 3.83. The molecule has 0 aliphatic heterocycles. The maximum absolute atomic E-state index is 9.91. The number of aryl methyl sites for hydroxylation is 2. The minimum atomic E-state index is -0.262. The van der Waals surface area contributed by atoms with Crippen LogP contribution in [0.2, 0.25) is 0 Å². The molecule has 2 N–H and O–H groups in total. The van der Waals surface area contributed by atoms with Gasteiger partial charge in [-0.15, -0.1) is 0 Å². The lowest BCUT2D eigenvalue weighted by molar-refractivity contribution is 0.171. The molecule has 0 spiro atoms. The van der Waals surface area contributed by atoms with Gasteiger partial charge in [0.15, 0.2) is 0 Å². The number of hydrogen-bond acceptors (Lipinski definition) is 2. The van der Waals surface area contributed by atoms with E-state index in [2.05, 4.69) is 37.4 Å². The molecule has 1 aliphatic carbocycles. The largest absolute Gasteiger partial charge is 0.391 e. The van der Waals surface area contributed by atoms with Gasteiger partial charge in [-0.3, -0.25) is 0 Å². The van der Waals surface area contributed by atoms with Crippen LogP contribution >= 0.6 is 0 Å². The maximum Gasteiger partial charge on any atom is 0.0705 e. The highest BCUT2D eigenvalue weighted by Gasteiger charge is 2.21. The van der Waals surface area contributed by atoms with E-state index >= 15 is 0 Å². The zero-order valence-electron chi connectivity index (χ0n) is 10.2. The van der Waals surface area contributed by atoms with E-state index in [1.165, 1.54) is 29.5 Å². The van der Waals surface area contributed by atoms with Crippen LogP contribution in [0.5, 0.6) is 0 Å². The Kier molecular flexibility index (Phi) is 3.62. The van der Waals surface area contributed by atoms with Crippen LogP contribution in [0.1, 0.15) is 29.5 Å². The van der Waals surface area contributed by atoms with Gasteiger partial charge in [0.2, 0.25) is 0 Å². The standard InChI is InChI=1S/C14H21NO/c1-10-3-4-12(11(2)7-10)8-14(16)9-15-13-5-6-13/h3-4,7,13-16H,5-6,8-9H2,1-2H3. The van der Waals surface area contributed by atoms with Crippen LogP contribution in [0, 0.1) is 13.8 Å².